The van der Waals surface area contributed by atoms with Gasteiger partial charge in [0.15, 0.2) is 0 Å². The average molecular weight is 256 g/mol. The van der Waals surface area contributed by atoms with Crippen molar-refractivity contribution in [3.8, 4) is 0 Å². The minimum absolute atomic E-state index is 0.295. The maximum Gasteiger partial charge on any atom is 0.0931 e. The number of hydrogen-bond acceptors (Lipinski definition) is 3. The molecule has 0 fully saturated rings. The van der Waals surface area contributed by atoms with Crippen molar-refractivity contribution in [3.05, 3.63) is 39.3 Å². The van der Waals surface area contributed by atoms with Crippen molar-refractivity contribution in [2.24, 2.45) is 7.05 Å². The monoisotopic (exact) mass is 255 g/mol. The fraction of sp³-hybridized carbons (Fsp3) is 0.364. The van der Waals surface area contributed by atoms with Gasteiger partial charge < -0.3 is 5.32 Å². The smallest absolute Gasteiger partial charge is 0.0931 e. The van der Waals surface area contributed by atoms with E-state index in [0.717, 1.165) is 10.8 Å². The van der Waals surface area contributed by atoms with Crippen LogP contribution in [0.5, 0.6) is 0 Å². The van der Waals surface area contributed by atoms with Crippen LogP contribution in [-0.4, -0.2) is 16.8 Å². The van der Waals surface area contributed by atoms with Gasteiger partial charge in [0.1, 0.15) is 0 Å². The standard InChI is InChI=1S/C11H14ClN3S/c1-13-10(8-6-14-15(2)7-8)5-9-3-4-11(12)16-9/h3-4,6-7,10,13H,5H2,1-2H3. The molecule has 0 radical (unpaired) electrons. The SMILES string of the molecule is CNC(Cc1ccc(Cl)s1)c1cnn(C)c1. The zero-order valence-electron chi connectivity index (χ0n) is 9.27. The predicted octanol–water partition coefficient (Wildman–Crippen LogP) is 2.64. The van der Waals surface area contributed by atoms with Gasteiger partial charge in [0.05, 0.1) is 10.5 Å². The van der Waals surface area contributed by atoms with Gasteiger partial charge in [-0.15, -0.1) is 11.3 Å². The van der Waals surface area contributed by atoms with Crippen molar-refractivity contribution in [3.63, 3.8) is 0 Å². The Morgan fingerprint density at radius 3 is 2.88 bits per heavy atom. The highest BCUT2D eigenvalue weighted by atomic mass is 35.5. The summed E-state index contributed by atoms with van der Waals surface area (Å²) in [4.78, 5) is 1.29. The van der Waals surface area contributed by atoms with Crippen molar-refractivity contribution < 1.29 is 0 Å². The average Bonchev–Trinajstić information content (AvgIpc) is 2.84. The summed E-state index contributed by atoms with van der Waals surface area (Å²) in [5, 5.41) is 7.49. The second-order valence-corrected chi connectivity index (χ2v) is 5.50. The van der Waals surface area contributed by atoms with Crippen molar-refractivity contribution in [1.29, 1.82) is 0 Å². The molecule has 2 heterocycles. The molecule has 1 N–H and O–H groups in total. The Labute approximate surface area is 104 Å². The first-order chi connectivity index (χ1) is 7.69. The van der Waals surface area contributed by atoms with E-state index in [1.54, 1.807) is 11.3 Å². The van der Waals surface area contributed by atoms with E-state index in [4.69, 9.17) is 11.6 Å². The topological polar surface area (TPSA) is 29.9 Å². The molecule has 0 aliphatic carbocycles. The third kappa shape index (κ3) is 2.64. The van der Waals surface area contributed by atoms with Gasteiger partial charge in [-0.25, -0.2) is 0 Å². The van der Waals surface area contributed by atoms with Crippen molar-refractivity contribution in [2.45, 2.75) is 12.5 Å². The highest BCUT2D eigenvalue weighted by molar-refractivity contribution is 7.16. The molecule has 0 aliphatic rings. The molecular weight excluding hydrogens is 242 g/mol. The van der Waals surface area contributed by atoms with Crippen molar-refractivity contribution in [1.82, 2.24) is 15.1 Å². The molecule has 0 bridgehead atoms. The summed E-state index contributed by atoms with van der Waals surface area (Å²) in [7, 11) is 3.89. The van der Waals surface area contributed by atoms with E-state index in [-0.39, 0.29) is 0 Å². The number of aryl methyl sites for hydroxylation is 1. The van der Waals surface area contributed by atoms with Crippen LogP contribution in [0.2, 0.25) is 4.34 Å². The van der Waals surface area contributed by atoms with E-state index in [9.17, 15) is 0 Å². The van der Waals surface area contributed by atoms with E-state index in [2.05, 4.69) is 16.5 Å². The first-order valence-electron chi connectivity index (χ1n) is 5.09. The molecule has 0 aromatic carbocycles. The van der Waals surface area contributed by atoms with Crippen molar-refractivity contribution in [2.75, 3.05) is 7.05 Å². The number of hydrogen-bond donors (Lipinski definition) is 1. The summed E-state index contributed by atoms with van der Waals surface area (Å²) in [5.41, 5.74) is 1.20. The molecule has 1 unspecified atom stereocenters. The minimum Gasteiger partial charge on any atom is -0.313 e. The minimum atomic E-state index is 0.295. The Kier molecular flexibility index (Phi) is 3.63. The Bertz CT molecular complexity index is 463. The van der Waals surface area contributed by atoms with E-state index in [1.165, 1.54) is 10.4 Å². The van der Waals surface area contributed by atoms with E-state index >= 15 is 0 Å². The van der Waals surface area contributed by atoms with Gasteiger partial charge in [0, 0.05) is 36.1 Å². The van der Waals surface area contributed by atoms with E-state index in [1.807, 2.05) is 37.2 Å². The number of aromatic nitrogens is 2. The molecule has 2 rings (SSSR count). The van der Waals surface area contributed by atoms with E-state index in [0.29, 0.717) is 6.04 Å². The number of thiophene rings is 1. The lowest BCUT2D eigenvalue weighted by atomic mass is 10.1. The van der Waals surface area contributed by atoms with Gasteiger partial charge in [0.2, 0.25) is 0 Å². The Hall–Kier alpha value is -0.840. The number of rotatable bonds is 4. The van der Waals surface area contributed by atoms with Crippen LogP contribution in [-0.2, 0) is 13.5 Å². The molecule has 0 saturated heterocycles. The molecule has 86 valence electrons. The molecule has 16 heavy (non-hydrogen) atoms. The van der Waals surface area contributed by atoms with Gasteiger partial charge in [-0.2, -0.15) is 5.10 Å². The highest BCUT2D eigenvalue weighted by Gasteiger charge is 2.12. The summed E-state index contributed by atoms with van der Waals surface area (Å²) >= 11 is 7.55. The molecule has 0 spiro atoms. The lowest BCUT2D eigenvalue weighted by molar-refractivity contribution is 0.596. The number of halogens is 1. The third-order valence-corrected chi connectivity index (χ3v) is 3.76. The second-order valence-electron chi connectivity index (χ2n) is 3.70. The first-order valence-corrected chi connectivity index (χ1v) is 6.28. The van der Waals surface area contributed by atoms with E-state index < -0.39 is 0 Å². The van der Waals surface area contributed by atoms with Crippen LogP contribution < -0.4 is 5.32 Å². The lowest BCUT2D eigenvalue weighted by Crippen LogP contribution is -2.17. The van der Waals surface area contributed by atoms with Crippen molar-refractivity contribution >= 4 is 22.9 Å². The molecule has 0 saturated carbocycles. The van der Waals surface area contributed by atoms with Gasteiger partial charge in [0.25, 0.3) is 0 Å². The molecule has 3 nitrogen and oxygen atoms in total. The molecular formula is C11H14ClN3S. The van der Waals surface area contributed by atoms with Crippen LogP contribution in [0.1, 0.15) is 16.5 Å². The normalized spacial score (nSPS) is 12.9. The molecule has 0 amide bonds. The maximum absolute atomic E-state index is 5.92. The van der Waals surface area contributed by atoms with Gasteiger partial charge >= 0.3 is 0 Å². The molecule has 1 atom stereocenters. The van der Waals surface area contributed by atoms with Crippen LogP contribution in [0.25, 0.3) is 0 Å². The zero-order chi connectivity index (χ0) is 11.5. The fourth-order valence-corrected chi connectivity index (χ4v) is 2.80. The summed E-state index contributed by atoms with van der Waals surface area (Å²) in [6, 6.07) is 4.31. The lowest BCUT2D eigenvalue weighted by Gasteiger charge is -2.12. The Morgan fingerprint density at radius 2 is 2.38 bits per heavy atom. The largest absolute Gasteiger partial charge is 0.313 e. The number of nitrogens with one attached hydrogen (secondary N) is 1. The summed E-state index contributed by atoms with van der Waals surface area (Å²) in [6.45, 7) is 0. The van der Waals surface area contributed by atoms with Crippen LogP contribution >= 0.6 is 22.9 Å². The number of likely N-dealkylation sites (N-methyl/N-ethyl adjacent to an activating group) is 1. The predicted molar refractivity (Wildman–Crippen MR) is 68.0 cm³/mol. The van der Waals surface area contributed by atoms with Gasteiger partial charge in [-0.3, -0.25) is 4.68 Å². The fourth-order valence-electron chi connectivity index (χ4n) is 1.67. The third-order valence-electron chi connectivity index (χ3n) is 2.51. The molecule has 5 heteroatoms. The van der Waals surface area contributed by atoms with Crippen LogP contribution in [0.15, 0.2) is 24.5 Å². The first kappa shape index (κ1) is 11.6. The highest BCUT2D eigenvalue weighted by Crippen LogP contribution is 2.26. The second kappa shape index (κ2) is 4.99. The molecule has 2 aromatic heterocycles. The van der Waals surface area contributed by atoms with Crippen LogP contribution in [0, 0.1) is 0 Å². The Balaban J connectivity index is 2.12. The van der Waals surface area contributed by atoms with Gasteiger partial charge in [-0.05, 0) is 19.2 Å². The zero-order valence-corrected chi connectivity index (χ0v) is 10.8. The quantitative estimate of drug-likeness (QED) is 0.910. The number of nitrogens with zero attached hydrogens (tertiary/aromatic N) is 2. The van der Waals surface area contributed by atoms with Crippen LogP contribution in [0.4, 0.5) is 0 Å². The maximum atomic E-state index is 5.92. The summed E-state index contributed by atoms with van der Waals surface area (Å²) < 4.78 is 2.66. The Morgan fingerprint density at radius 1 is 1.56 bits per heavy atom. The van der Waals surface area contributed by atoms with Crippen LogP contribution in [0.3, 0.4) is 0 Å². The molecule has 0 aliphatic heterocycles. The summed E-state index contributed by atoms with van der Waals surface area (Å²) in [5.74, 6) is 0. The van der Waals surface area contributed by atoms with Gasteiger partial charge in [-0.1, -0.05) is 11.6 Å². The summed E-state index contributed by atoms with van der Waals surface area (Å²) in [6.07, 6.45) is 4.88. The molecule has 2 aromatic rings.